The molecule has 4 N–H and O–H groups in total. The van der Waals surface area contributed by atoms with E-state index in [-0.39, 0.29) is 19.6 Å². The van der Waals surface area contributed by atoms with Crippen molar-refractivity contribution in [3.05, 3.63) is 24.3 Å². The molecule has 0 radical (unpaired) electrons. The number of phosphoric ester groups is 1. The van der Waals surface area contributed by atoms with Gasteiger partial charge in [0.05, 0.1) is 19.8 Å². The van der Waals surface area contributed by atoms with Crippen molar-refractivity contribution in [2.45, 2.75) is 90.1 Å². The molecule has 0 spiro atoms. The van der Waals surface area contributed by atoms with Crippen molar-refractivity contribution >= 4 is 13.8 Å². The van der Waals surface area contributed by atoms with Crippen LogP contribution in [0.2, 0.25) is 0 Å². The van der Waals surface area contributed by atoms with Gasteiger partial charge in [0.2, 0.25) is 0 Å². The summed E-state index contributed by atoms with van der Waals surface area (Å²) in [6, 6.07) is 0. The van der Waals surface area contributed by atoms with Crippen molar-refractivity contribution in [1.82, 2.24) is 0 Å². The Kier molecular flexibility index (Phi) is 21.1. The fraction of sp³-hybridized carbons (Fsp3) is 0.783. The van der Waals surface area contributed by atoms with Crippen LogP contribution >= 0.6 is 7.82 Å². The lowest BCUT2D eigenvalue weighted by molar-refractivity contribution is -0.153. The van der Waals surface area contributed by atoms with Gasteiger partial charge in [-0.05, 0) is 25.7 Å². The van der Waals surface area contributed by atoms with Crippen LogP contribution in [-0.4, -0.2) is 48.4 Å². The van der Waals surface area contributed by atoms with E-state index in [4.69, 9.17) is 15.0 Å². The zero-order valence-corrected chi connectivity index (χ0v) is 20.6. The Balaban J connectivity index is 3.76. The SMILES string of the molecule is CCCCCCCCCCC=CCC=CCCC(=O)OC(CO)COP(=O)(O)OCCN. The number of carbonyl (C=O) groups is 1. The van der Waals surface area contributed by atoms with E-state index >= 15 is 0 Å². The number of phosphoric acid groups is 1. The second-order valence-electron chi connectivity index (χ2n) is 7.66. The maximum absolute atomic E-state index is 11.8. The molecule has 0 aromatic heterocycles. The summed E-state index contributed by atoms with van der Waals surface area (Å²) in [6.45, 7) is 1.19. The standard InChI is InChI=1S/C23H44NO7P/c1-2-3-4-5-6-7-8-9-10-11-12-13-14-15-16-17-23(26)31-22(20-25)21-30-32(27,28)29-19-18-24/h11-12,14-15,22,25H,2-10,13,16-21,24H2,1H3,(H,27,28). The molecule has 32 heavy (non-hydrogen) atoms. The summed E-state index contributed by atoms with van der Waals surface area (Å²) in [5.41, 5.74) is 5.18. The summed E-state index contributed by atoms with van der Waals surface area (Å²) < 4.78 is 25.8. The first-order valence-electron chi connectivity index (χ1n) is 11.9. The lowest BCUT2D eigenvalue weighted by atomic mass is 10.1. The number of hydrogen-bond acceptors (Lipinski definition) is 7. The molecule has 2 atom stereocenters. The first-order valence-corrected chi connectivity index (χ1v) is 13.4. The maximum atomic E-state index is 11.8. The normalized spacial score (nSPS) is 14.8. The van der Waals surface area contributed by atoms with E-state index in [1.54, 1.807) is 0 Å². The van der Waals surface area contributed by atoms with Crippen LogP contribution in [0.4, 0.5) is 0 Å². The zero-order chi connectivity index (χ0) is 23.9. The average Bonchev–Trinajstić information content (AvgIpc) is 2.77. The second-order valence-corrected chi connectivity index (χ2v) is 9.11. The minimum atomic E-state index is -4.27. The van der Waals surface area contributed by atoms with Gasteiger partial charge in [-0.2, -0.15) is 0 Å². The van der Waals surface area contributed by atoms with Gasteiger partial charge < -0.3 is 20.5 Å². The molecule has 188 valence electrons. The predicted octanol–water partition coefficient (Wildman–Crippen LogP) is 4.80. The highest BCUT2D eigenvalue weighted by Gasteiger charge is 2.24. The van der Waals surface area contributed by atoms with Gasteiger partial charge >= 0.3 is 13.8 Å². The third-order valence-electron chi connectivity index (χ3n) is 4.64. The zero-order valence-electron chi connectivity index (χ0n) is 19.7. The van der Waals surface area contributed by atoms with Crippen LogP contribution in [0.1, 0.15) is 84.0 Å². The molecule has 0 bridgehead atoms. The molecule has 0 aromatic rings. The van der Waals surface area contributed by atoms with Crippen LogP contribution < -0.4 is 5.73 Å². The van der Waals surface area contributed by atoms with E-state index in [1.165, 1.54) is 51.4 Å². The van der Waals surface area contributed by atoms with Crippen LogP contribution in [0.5, 0.6) is 0 Å². The number of allylic oxidation sites excluding steroid dienone is 4. The number of unbranched alkanes of at least 4 members (excludes halogenated alkanes) is 8. The minimum Gasteiger partial charge on any atom is -0.457 e. The highest BCUT2D eigenvalue weighted by Crippen LogP contribution is 2.42. The summed E-state index contributed by atoms with van der Waals surface area (Å²) in [6.07, 6.45) is 20.4. The number of aliphatic hydroxyl groups is 1. The summed E-state index contributed by atoms with van der Waals surface area (Å²) in [5.74, 6) is -0.516. The molecule has 2 unspecified atom stereocenters. The predicted molar refractivity (Wildman–Crippen MR) is 127 cm³/mol. The molecule has 0 fully saturated rings. The van der Waals surface area contributed by atoms with E-state index in [0.29, 0.717) is 6.42 Å². The van der Waals surface area contributed by atoms with Gasteiger partial charge in [-0.3, -0.25) is 13.8 Å². The van der Waals surface area contributed by atoms with Crippen molar-refractivity contribution in [3.8, 4) is 0 Å². The maximum Gasteiger partial charge on any atom is 0.472 e. The number of rotatable bonds is 22. The van der Waals surface area contributed by atoms with Gasteiger partial charge in [0.15, 0.2) is 0 Å². The number of ether oxygens (including phenoxy) is 1. The second kappa shape index (κ2) is 21.8. The Morgan fingerprint density at radius 2 is 1.59 bits per heavy atom. The molecule has 0 aliphatic heterocycles. The molecule has 0 aromatic carbocycles. The molecule has 0 aliphatic carbocycles. The molecule has 0 aliphatic rings. The first kappa shape index (κ1) is 31.0. The van der Waals surface area contributed by atoms with Crippen LogP contribution in [0, 0.1) is 0 Å². The number of carbonyl (C=O) groups excluding carboxylic acids is 1. The van der Waals surface area contributed by atoms with Gasteiger partial charge in [-0.1, -0.05) is 76.2 Å². The monoisotopic (exact) mass is 477 g/mol. The fourth-order valence-corrected chi connectivity index (χ4v) is 3.62. The molecule has 8 nitrogen and oxygen atoms in total. The molecular formula is C23H44NO7P. The van der Waals surface area contributed by atoms with Crippen LogP contribution in [-0.2, 0) is 23.1 Å². The smallest absolute Gasteiger partial charge is 0.457 e. The number of aliphatic hydroxyl groups excluding tert-OH is 1. The first-order chi connectivity index (χ1) is 15.4. The van der Waals surface area contributed by atoms with E-state index in [1.807, 2.05) is 12.2 Å². The average molecular weight is 478 g/mol. The van der Waals surface area contributed by atoms with Crippen molar-refractivity contribution in [2.75, 3.05) is 26.4 Å². The topological polar surface area (TPSA) is 128 Å². The summed E-state index contributed by atoms with van der Waals surface area (Å²) in [7, 11) is -4.27. The summed E-state index contributed by atoms with van der Waals surface area (Å²) in [5, 5.41) is 9.24. The van der Waals surface area contributed by atoms with Crippen molar-refractivity contribution in [3.63, 3.8) is 0 Å². The molecule has 0 amide bonds. The van der Waals surface area contributed by atoms with E-state index < -0.39 is 33.1 Å². The number of nitrogens with two attached hydrogens (primary N) is 1. The quantitative estimate of drug-likeness (QED) is 0.0878. The van der Waals surface area contributed by atoms with Crippen LogP contribution in [0.15, 0.2) is 24.3 Å². The van der Waals surface area contributed by atoms with Crippen LogP contribution in [0.25, 0.3) is 0 Å². The third-order valence-corrected chi connectivity index (χ3v) is 5.63. The fourth-order valence-electron chi connectivity index (χ4n) is 2.86. The Labute approximate surface area is 193 Å². The van der Waals surface area contributed by atoms with Gasteiger partial charge in [0, 0.05) is 13.0 Å². The molecular weight excluding hydrogens is 433 g/mol. The Morgan fingerprint density at radius 3 is 2.22 bits per heavy atom. The lowest BCUT2D eigenvalue weighted by Crippen LogP contribution is -2.27. The van der Waals surface area contributed by atoms with Gasteiger partial charge in [0.25, 0.3) is 0 Å². The Morgan fingerprint density at radius 1 is 0.969 bits per heavy atom. The molecule has 0 rings (SSSR count). The molecule has 9 heteroatoms. The van der Waals surface area contributed by atoms with Crippen molar-refractivity contribution in [1.29, 1.82) is 0 Å². The Bertz CT molecular complexity index is 554. The van der Waals surface area contributed by atoms with Gasteiger partial charge in [-0.15, -0.1) is 0 Å². The number of hydrogen-bond donors (Lipinski definition) is 3. The van der Waals surface area contributed by atoms with Crippen molar-refractivity contribution < 1.29 is 33.1 Å². The Hall–Kier alpha value is -1.02. The van der Waals surface area contributed by atoms with Crippen LogP contribution in [0.3, 0.4) is 0 Å². The lowest BCUT2D eigenvalue weighted by Gasteiger charge is -2.17. The highest BCUT2D eigenvalue weighted by molar-refractivity contribution is 7.47. The van der Waals surface area contributed by atoms with Gasteiger partial charge in [0.1, 0.15) is 6.10 Å². The van der Waals surface area contributed by atoms with Crippen molar-refractivity contribution in [2.24, 2.45) is 5.73 Å². The summed E-state index contributed by atoms with van der Waals surface area (Å²) >= 11 is 0. The molecule has 0 saturated heterocycles. The van der Waals surface area contributed by atoms with E-state index in [2.05, 4.69) is 23.6 Å². The molecule has 0 heterocycles. The number of esters is 1. The van der Waals surface area contributed by atoms with Gasteiger partial charge in [-0.25, -0.2) is 4.57 Å². The highest BCUT2D eigenvalue weighted by atomic mass is 31.2. The largest absolute Gasteiger partial charge is 0.472 e. The molecule has 0 saturated carbocycles. The minimum absolute atomic E-state index is 0.0644. The van der Waals surface area contributed by atoms with E-state index in [0.717, 1.165) is 12.8 Å². The van der Waals surface area contributed by atoms with E-state index in [9.17, 15) is 19.4 Å². The summed E-state index contributed by atoms with van der Waals surface area (Å²) in [4.78, 5) is 21.2. The third kappa shape index (κ3) is 20.9.